The molecule has 0 fully saturated rings. The van der Waals surface area contributed by atoms with Gasteiger partial charge in [0.05, 0.1) is 34.4 Å². The van der Waals surface area contributed by atoms with Crippen molar-refractivity contribution >= 4 is 17.9 Å². The predicted octanol–water partition coefficient (Wildman–Crippen LogP) is 21.8. The summed E-state index contributed by atoms with van der Waals surface area (Å²) in [6, 6.07) is 0. The van der Waals surface area contributed by atoms with Gasteiger partial charge in [-0.3, -0.25) is 9.59 Å². The number of carboxylic acids is 1. The number of quaternary nitrogens is 1. The Morgan fingerprint density at radius 2 is 0.659 bits per heavy atom. The fourth-order valence-corrected chi connectivity index (χ4v) is 10.4. The van der Waals surface area contributed by atoms with E-state index in [0.29, 0.717) is 17.4 Å². The van der Waals surface area contributed by atoms with Crippen molar-refractivity contribution in [1.29, 1.82) is 0 Å². The summed E-state index contributed by atoms with van der Waals surface area (Å²) < 4.78 is 22.9. The van der Waals surface area contributed by atoms with Gasteiger partial charge < -0.3 is 28.5 Å². The molecule has 2 atom stereocenters. The average molecular weight is 1160 g/mol. The summed E-state index contributed by atoms with van der Waals surface area (Å²) in [5.41, 5.74) is 0. The second kappa shape index (κ2) is 64.3. The molecule has 480 valence electrons. The van der Waals surface area contributed by atoms with Gasteiger partial charge >= 0.3 is 17.9 Å². The summed E-state index contributed by atoms with van der Waals surface area (Å²) in [6.45, 7) is 4.90. The molecule has 2 unspecified atom stereocenters. The zero-order valence-electron chi connectivity index (χ0n) is 54.9. The third kappa shape index (κ3) is 64.8. The smallest absolute Gasteiger partial charge is 0.361 e. The van der Waals surface area contributed by atoms with Gasteiger partial charge in [-0.05, 0) is 77.0 Å². The Kier molecular flexibility index (Phi) is 62.1. The highest BCUT2D eigenvalue weighted by molar-refractivity contribution is 5.71. The van der Waals surface area contributed by atoms with Crippen LogP contribution < -0.4 is 0 Å². The number of rotatable bonds is 66. The van der Waals surface area contributed by atoms with E-state index in [1.54, 1.807) is 0 Å². The molecule has 0 bridgehead atoms. The van der Waals surface area contributed by atoms with Crippen LogP contribution in [0.15, 0.2) is 48.6 Å². The maximum Gasteiger partial charge on any atom is 0.361 e. The van der Waals surface area contributed by atoms with Gasteiger partial charge in [-0.25, -0.2) is 4.79 Å². The fraction of sp³-hybridized carbons (Fsp3) is 0.849. The number of likely N-dealkylation sites (N-methyl/N-ethyl adjacent to an activating group) is 1. The van der Waals surface area contributed by atoms with E-state index in [1.807, 2.05) is 21.1 Å². The number of carbonyl (C=O) groups is 3. The molecule has 0 aromatic carbocycles. The molecule has 1 N–H and O–H groups in total. The van der Waals surface area contributed by atoms with Gasteiger partial charge in [0.1, 0.15) is 13.2 Å². The van der Waals surface area contributed by atoms with Gasteiger partial charge in [0.25, 0.3) is 6.29 Å². The summed E-state index contributed by atoms with van der Waals surface area (Å²) >= 11 is 0. The molecule has 9 heteroatoms. The van der Waals surface area contributed by atoms with Crippen molar-refractivity contribution in [1.82, 2.24) is 0 Å². The Morgan fingerprint density at radius 1 is 0.366 bits per heavy atom. The minimum atomic E-state index is -1.51. The number of unbranched alkanes of at least 4 members (excludes halogenated alkanes) is 43. The molecule has 0 saturated heterocycles. The quantitative estimate of drug-likeness (QED) is 0.0211. The lowest BCUT2D eigenvalue weighted by atomic mass is 10.0. The maximum absolute atomic E-state index is 12.9. The third-order valence-corrected chi connectivity index (χ3v) is 15.8. The van der Waals surface area contributed by atoms with Crippen molar-refractivity contribution in [2.75, 3.05) is 47.5 Å². The van der Waals surface area contributed by atoms with Crippen LogP contribution in [-0.2, 0) is 33.3 Å². The van der Waals surface area contributed by atoms with E-state index in [0.717, 1.165) is 64.2 Å². The molecule has 0 aliphatic carbocycles. The molecule has 0 rings (SSSR count). The summed E-state index contributed by atoms with van der Waals surface area (Å²) in [5.74, 6) is -1.99. The van der Waals surface area contributed by atoms with E-state index < -0.39 is 18.4 Å². The van der Waals surface area contributed by atoms with E-state index in [9.17, 15) is 19.5 Å². The van der Waals surface area contributed by atoms with Crippen molar-refractivity contribution in [2.24, 2.45) is 0 Å². The van der Waals surface area contributed by atoms with E-state index in [-0.39, 0.29) is 38.2 Å². The molecule has 0 saturated carbocycles. The number of carboxylic acid groups (broad SMARTS) is 1. The molecule has 0 aliphatic rings. The van der Waals surface area contributed by atoms with Crippen LogP contribution in [-0.4, -0.2) is 87.4 Å². The van der Waals surface area contributed by atoms with Crippen molar-refractivity contribution in [3.8, 4) is 0 Å². The van der Waals surface area contributed by atoms with Crippen LogP contribution in [0.1, 0.15) is 341 Å². The highest BCUT2D eigenvalue weighted by atomic mass is 16.7. The molecule has 82 heavy (non-hydrogen) atoms. The molecule has 0 amide bonds. The van der Waals surface area contributed by atoms with Crippen LogP contribution in [0, 0.1) is 0 Å². The minimum absolute atomic E-state index is 0.182. The molecular weight excluding hydrogens is 1020 g/mol. The highest BCUT2D eigenvalue weighted by Gasteiger charge is 2.25. The molecule has 0 aromatic heterocycles. The first-order valence-corrected chi connectivity index (χ1v) is 35.3. The highest BCUT2D eigenvalue weighted by Crippen LogP contribution is 2.18. The fourth-order valence-electron chi connectivity index (χ4n) is 10.4. The largest absolute Gasteiger partial charge is 0.477 e. The van der Waals surface area contributed by atoms with Gasteiger partial charge in [0.15, 0.2) is 6.10 Å². The number of hydrogen-bond acceptors (Lipinski definition) is 7. The zero-order chi connectivity index (χ0) is 59.8. The first kappa shape index (κ1) is 79.2. The molecular formula is C73H136NO8+. The van der Waals surface area contributed by atoms with Gasteiger partial charge in [-0.2, -0.15) is 0 Å². The van der Waals surface area contributed by atoms with Crippen molar-refractivity contribution in [2.45, 2.75) is 354 Å². The second-order valence-corrected chi connectivity index (χ2v) is 25.2. The lowest BCUT2D eigenvalue weighted by Gasteiger charge is -2.25. The first-order chi connectivity index (χ1) is 40.1. The van der Waals surface area contributed by atoms with Crippen molar-refractivity contribution < 1.29 is 42.9 Å². The maximum atomic E-state index is 12.9. The van der Waals surface area contributed by atoms with Crippen LogP contribution in [0.3, 0.4) is 0 Å². The standard InChI is InChI=1S/C73H135NO8/c1-6-8-10-12-14-16-18-20-22-24-25-26-27-28-29-30-31-32-33-34-35-36-37-38-39-40-41-42-43-44-45-46-47-48-50-52-54-56-58-60-62-64-71(76)82-69(68-81-73(72(77)78)79-66-65-74(3,4)5)67-80-70(75)63-61-59-57-55-53-51-49-23-21-19-17-15-13-11-9-7-2/h18,20,23-25,27-28,49,69,73H,6-17,19,21-22,26,29-48,50-68H2,1-5H3/p+1/b20-18-,25-24-,28-27-,49-23-. The van der Waals surface area contributed by atoms with Crippen molar-refractivity contribution in [3.63, 3.8) is 0 Å². The van der Waals surface area contributed by atoms with Crippen LogP contribution in [0.2, 0.25) is 0 Å². The lowest BCUT2D eigenvalue weighted by Crippen LogP contribution is -2.40. The third-order valence-electron chi connectivity index (χ3n) is 15.8. The number of nitrogens with zero attached hydrogens (tertiary/aromatic N) is 1. The van der Waals surface area contributed by atoms with Crippen molar-refractivity contribution in [3.05, 3.63) is 48.6 Å². The van der Waals surface area contributed by atoms with Crippen LogP contribution >= 0.6 is 0 Å². The number of carbonyl (C=O) groups excluding carboxylic acids is 2. The number of allylic oxidation sites excluding steroid dienone is 8. The monoisotopic (exact) mass is 1160 g/mol. The molecule has 0 radical (unpaired) electrons. The number of hydrogen-bond donors (Lipinski definition) is 1. The van der Waals surface area contributed by atoms with Crippen LogP contribution in [0.4, 0.5) is 0 Å². The zero-order valence-corrected chi connectivity index (χ0v) is 54.9. The minimum Gasteiger partial charge on any atom is -0.477 e. The van der Waals surface area contributed by atoms with Crippen LogP contribution in [0.5, 0.6) is 0 Å². The second-order valence-electron chi connectivity index (χ2n) is 25.2. The summed E-state index contributed by atoms with van der Waals surface area (Å²) in [4.78, 5) is 37.5. The van der Waals surface area contributed by atoms with Gasteiger partial charge in [0.2, 0.25) is 0 Å². The number of ether oxygens (including phenoxy) is 4. The normalized spacial score (nSPS) is 12.9. The van der Waals surface area contributed by atoms with Gasteiger partial charge in [-0.15, -0.1) is 0 Å². The Morgan fingerprint density at radius 3 is 0.988 bits per heavy atom. The summed E-state index contributed by atoms with van der Waals surface area (Å²) in [5, 5.41) is 9.72. The van der Waals surface area contributed by atoms with E-state index in [4.69, 9.17) is 18.9 Å². The molecule has 0 heterocycles. The summed E-state index contributed by atoms with van der Waals surface area (Å²) in [7, 11) is 5.98. The first-order valence-electron chi connectivity index (χ1n) is 35.3. The van der Waals surface area contributed by atoms with E-state index >= 15 is 0 Å². The summed E-state index contributed by atoms with van der Waals surface area (Å²) in [6.07, 6.45) is 79.6. The van der Waals surface area contributed by atoms with Gasteiger partial charge in [-0.1, -0.05) is 300 Å². The SMILES string of the molecule is CCCCCCC/C=C\C/C=C\C/C=C\CCCCCCCCCCCCCCCCCCCCCCCCCCCCC(=O)OC(COC(=O)CCCCCCC/C=C\CCCCCCCCC)COC(OCC[N+](C)(C)C)C(=O)O. The average Bonchev–Trinajstić information content (AvgIpc) is 3.45. The topological polar surface area (TPSA) is 108 Å². The number of esters is 2. The Hall–Kier alpha value is -2.75. The molecule has 0 aromatic rings. The van der Waals surface area contributed by atoms with E-state index in [2.05, 4.69) is 62.5 Å². The number of aliphatic carboxylic acids is 1. The lowest BCUT2D eigenvalue weighted by molar-refractivity contribution is -0.870. The molecule has 0 spiro atoms. The molecule has 9 nitrogen and oxygen atoms in total. The van der Waals surface area contributed by atoms with Gasteiger partial charge in [0, 0.05) is 12.8 Å². The Labute approximate surface area is 508 Å². The predicted molar refractivity (Wildman–Crippen MR) is 350 cm³/mol. The Bertz CT molecular complexity index is 1480. The molecule has 0 aliphatic heterocycles. The Balaban J connectivity index is 3.93. The van der Waals surface area contributed by atoms with Crippen LogP contribution in [0.25, 0.3) is 0 Å². The van der Waals surface area contributed by atoms with E-state index in [1.165, 1.54) is 250 Å².